The van der Waals surface area contributed by atoms with Crippen LogP contribution in [0.3, 0.4) is 0 Å². The Balaban J connectivity index is 2.11. The minimum absolute atomic E-state index is 0.254. The summed E-state index contributed by atoms with van der Waals surface area (Å²) in [5.74, 6) is 1.88. The zero-order valence-electron chi connectivity index (χ0n) is 12.3. The van der Waals surface area contributed by atoms with Crippen LogP contribution < -0.4 is 15.1 Å². The van der Waals surface area contributed by atoms with Gasteiger partial charge in [0.15, 0.2) is 11.5 Å². The molecule has 0 bridgehead atoms. The van der Waals surface area contributed by atoms with Crippen LogP contribution >= 0.6 is 0 Å². The quantitative estimate of drug-likeness (QED) is 0.868. The number of fused-ring (bicyclic) bond motifs is 1. The summed E-state index contributed by atoms with van der Waals surface area (Å²) >= 11 is 0. The third-order valence-corrected chi connectivity index (χ3v) is 4.10. The van der Waals surface area contributed by atoms with Crippen molar-refractivity contribution >= 4 is 10.9 Å². The van der Waals surface area contributed by atoms with E-state index in [1.807, 2.05) is 0 Å². The number of hydrogen-bond donors (Lipinski definition) is 0. The van der Waals surface area contributed by atoms with Crippen LogP contribution in [0.1, 0.15) is 43.9 Å². The van der Waals surface area contributed by atoms with Gasteiger partial charge >= 0.3 is 5.63 Å². The Morgan fingerprint density at radius 1 is 1.10 bits per heavy atom. The van der Waals surface area contributed by atoms with E-state index >= 15 is 0 Å². The van der Waals surface area contributed by atoms with Gasteiger partial charge in [0.05, 0.1) is 25.1 Å². The average Bonchev–Trinajstić information content (AvgIpc) is 2.54. The Labute approximate surface area is 122 Å². The van der Waals surface area contributed by atoms with Crippen LogP contribution in [-0.4, -0.2) is 19.2 Å². The van der Waals surface area contributed by atoms with Crippen molar-refractivity contribution in [2.24, 2.45) is 0 Å². The van der Waals surface area contributed by atoms with Gasteiger partial charge in [0, 0.05) is 18.1 Å². The minimum Gasteiger partial charge on any atom is -0.493 e. The molecule has 0 unspecified atom stereocenters. The summed E-state index contributed by atoms with van der Waals surface area (Å²) in [4.78, 5) is 16.7. The smallest absolute Gasteiger partial charge is 0.346 e. The molecule has 1 aliphatic carbocycles. The Morgan fingerprint density at radius 3 is 2.43 bits per heavy atom. The molecule has 5 nitrogen and oxygen atoms in total. The molecular weight excluding hydrogens is 270 g/mol. The lowest BCUT2D eigenvalue weighted by Crippen LogP contribution is -2.12. The molecule has 1 fully saturated rings. The lowest BCUT2D eigenvalue weighted by molar-refractivity contribution is 0.340. The fourth-order valence-electron chi connectivity index (χ4n) is 2.94. The predicted molar refractivity (Wildman–Crippen MR) is 79.2 cm³/mol. The highest BCUT2D eigenvalue weighted by molar-refractivity contribution is 5.81. The molecule has 1 aliphatic rings. The summed E-state index contributed by atoms with van der Waals surface area (Å²) in [6, 6.07) is 3.36. The summed E-state index contributed by atoms with van der Waals surface area (Å²) in [5.41, 5.74) is 0.242. The predicted octanol–water partition coefficient (Wildman–Crippen LogP) is 3.25. The fourth-order valence-corrected chi connectivity index (χ4v) is 2.94. The molecule has 1 heterocycles. The Bertz CT molecular complexity index is 701. The molecule has 0 N–H and O–H groups in total. The second-order valence-electron chi connectivity index (χ2n) is 5.40. The third kappa shape index (κ3) is 2.60. The number of aromatic nitrogens is 1. The van der Waals surface area contributed by atoms with Gasteiger partial charge in [0.25, 0.3) is 0 Å². The van der Waals surface area contributed by atoms with E-state index in [-0.39, 0.29) is 11.5 Å². The van der Waals surface area contributed by atoms with Gasteiger partial charge in [-0.15, -0.1) is 0 Å². The molecule has 3 rings (SSSR count). The van der Waals surface area contributed by atoms with Crippen molar-refractivity contribution in [3.8, 4) is 11.5 Å². The van der Waals surface area contributed by atoms with Gasteiger partial charge in [-0.05, 0) is 12.8 Å². The highest BCUT2D eigenvalue weighted by Gasteiger charge is 2.21. The first-order chi connectivity index (χ1) is 10.2. The summed E-state index contributed by atoms with van der Waals surface area (Å²) in [6.45, 7) is 0. The molecule has 0 aliphatic heterocycles. The Kier molecular flexibility index (Phi) is 3.82. The fraction of sp³-hybridized carbons (Fsp3) is 0.500. The van der Waals surface area contributed by atoms with Crippen molar-refractivity contribution in [2.75, 3.05) is 14.2 Å². The summed E-state index contributed by atoms with van der Waals surface area (Å²) < 4.78 is 15.9. The van der Waals surface area contributed by atoms with Crippen molar-refractivity contribution in [2.45, 2.75) is 38.0 Å². The van der Waals surface area contributed by atoms with Crippen molar-refractivity contribution in [1.29, 1.82) is 0 Å². The third-order valence-electron chi connectivity index (χ3n) is 4.10. The summed E-state index contributed by atoms with van der Waals surface area (Å²) in [7, 11) is 3.10. The molecular formula is C16H19NO4. The summed E-state index contributed by atoms with van der Waals surface area (Å²) in [6.07, 6.45) is 5.66. The topological polar surface area (TPSA) is 61.6 Å². The van der Waals surface area contributed by atoms with E-state index in [1.54, 1.807) is 19.2 Å². The van der Waals surface area contributed by atoms with E-state index in [9.17, 15) is 4.79 Å². The maximum atomic E-state index is 12.2. The van der Waals surface area contributed by atoms with Gasteiger partial charge in [-0.1, -0.05) is 19.3 Å². The maximum absolute atomic E-state index is 12.2. The lowest BCUT2D eigenvalue weighted by Gasteiger charge is -2.19. The highest BCUT2D eigenvalue weighted by Crippen LogP contribution is 2.34. The number of nitrogens with zero attached hydrogens (tertiary/aromatic N) is 1. The molecule has 1 saturated carbocycles. The van der Waals surface area contributed by atoms with Crippen LogP contribution in [0, 0.1) is 0 Å². The molecule has 0 atom stereocenters. The Morgan fingerprint density at radius 2 is 1.76 bits per heavy atom. The van der Waals surface area contributed by atoms with Gasteiger partial charge in [-0.25, -0.2) is 9.78 Å². The van der Waals surface area contributed by atoms with E-state index in [2.05, 4.69) is 4.98 Å². The number of rotatable bonds is 3. The molecule has 21 heavy (non-hydrogen) atoms. The Hall–Kier alpha value is -2.04. The first-order valence-electron chi connectivity index (χ1n) is 7.29. The van der Waals surface area contributed by atoms with E-state index in [4.69, 9.17) is 13.9 Å². The molecule has 0 saturated heterocycles. The van der Waals surface area contributed by atoms with E-state index in [0.717, 1.165) is 12.8 Å². The van der Waals surface area contributed by atoms with Crippen molar-refractivity contribution in [3.63, 3.8) is 0 Å². The van der Waals surface area contributed by atoms with E-state index in [1.165, 1.54) is 26.4 Å². The van der Waals surface area contributed by atoms with E-state index < -0.39 is 0 Å². The van der Waals surface area contributed by atoms with Crippen molar-refractivity contribution < 1.29 is 13.9 Å². The number of methoxy groups -OCH3 is 2. The van der Waals surface area contributed by atoms with Gasteiger partial charge < -0.3 is 13.9 Å². The van der Waals surface area contributed by atoms with E-state index in [0.29, 0.717) is 28.3 Å². The summed E-state index contributed by atoms with van der Waals surface area (Å²) in [5, 5.41) is 0.423. The second-order valence-corrected chi connectivity index (χ2v) is 5.40. The molecule has 1 aromatic carbocycles. The number of benzene rings is 1. The standard InChI is InChI=1S/C16H19NO4/c1-19-13-8-11-12(9-14(13)20-2)17-15(21-16(11)18)10-6-4-3-5-7-10/h8-10H,3-7H2,1-2H3. The first-order valence-corrected chi connectivity index (χ1v) is 7.29. The maximum Gasteiger partial charge on any atom is 0.346 e. The normalized spacial score (nSPS) is 16.1. The van der Waals surface area contributed by atoms with Gasteiger partial charge in [0.2, 0.25) is 5.89 Å². The van der Waals surface area contributed by atoms with Crippen LogP contribution in [0.5, 0.6) is 11.5 Å². The molecule has 1 aromatic heterocycles. The van der Waals surface area contributed by atoms with Crippen molar-refractivity contribution in [1.82, 2.24) is 4.98 Å². The molecule has 0 radical (unpaired) electrons. The molecule has 112 valence electrons. The number of ether oxygens (including phenoxy) is 2. The van der Waals surface area contributed by atoms with Gasteiger partial charge in [0.1, 0.15) is 0 Å². The van der Waals surface area contributed by atoms with Crippen LogP contribution in [-0.2, 0) is 0 Å². The zero-order chi connectivity index (χ0) is 14.8. The lowest BCUT2D eigenvalue weighted by atomic mass is 9.89. The van der Waals surface area contributed by atoms with Crippen LogP contribution in [0.25, 0.3) is 10.9 Å². The molecule has 0 amide bonds. The van der Waals surface area contributed by atoms with Crippen LogP contribution in [0.2, 0.25) is 0 Å². The van der Waals surface area contributed by atoms with Gasteiger partial charge in [-0.3, -0.25) is 0 Å². The monoisotopic (exact) mass is 289 g/mol. The molecule has 2 aromatic rings. The van der Waals surface area contributed by atoms with Crippen LogP contribution in [0.15, 0.2) is 21.3 Å². The molecule has 5 heteroatoms. The molecule has 0 spiro atoms. The zero-order valence-corrected chi connectivity index (χ0v) is 12.3. The SMILES string of the molecule is COc1cc2nc(C3CCCCC3)oc(=O)c2cc1OC. The van der Waals surface area contributed by atoms with Crippen LogP contribution in [0.4, 0.5) is 0 Å². The second kappa shape index (κ2) is 5.76. The van der Waals surface area contributed by atoms with Crippen molar-refractivity contribution in [3.05, 3.63) is 28.4 Å². The minimum atomic E-state index is -0.360. The van der Waals surface area contributed by atoms with Gasteiger partial charge in [-0.2, -0.15) is 0 Å². The number of hydrogen-bond acceptors (Lipinski definition) is 5. The largest absolute Gasteiger partial charge is 0.493 e. The first kappa shape index (κ1) is 13.9. The average molecular weight is 289 g/mol. The highest BCUT2D eigenvalue weighted by atomic mass is 16.5.